The summed E-state index contributed by atoms with van der Waals surface area (Å²) in [5.41, 5.74) is 7.32. The highest BCUT2D eigenvalue weighted by atomic mass is 16.7. The van der Waals surface area contributed by atoms with E-state index in [-0.39, 0.29) is 6.79 Å². The number of anilines is 1. The van der Waals surface area contributed by atoms with Crippen LogP contribution in [-0.4, -0.2) is 24.1 Å². The maximum absolute atomic E-state index is 5.82. The first-order valence-electron chi connectivity index (χ1n) is 5.07. The van der Waals surface area contributed by atoms with Crippen LogP contribution in [0.2, 0.25) is 0 Å². The lowest BCUT2D eigenvalue weighted by Crippen LogP contribution is -1.95. The molecule has 1 aliphatic rings. The molecule has 0 amide bonds. The Morgan fingerprint density at radius 3 is 3.00 bits per heavy atom. The first-order valence-corrected chi connectivity index (χ1v) is 5.07. The first kappa shape index (κ1) is 9.83. The Labute approximate surface area is 97.3 Å². The maximum atomic E-state index is 5.82. The Morgan fingerprint density at radius 2 is 2.29 bits per heavy atom. The number of aromatic amines is 1. The Morgan fingerprint density at radius 1 is 1.41 bits per heavy atom. The standard InChI is InChI=1S/C11H11N3O3/c1-15-7-2-3-8-10(17-5-16-8)9(7)6-4-13-14-11(6)12/h2-4H,5H2,1H3,(H3,12,13,14). The molecular formula is C11H11N3O3. The van der Waals surface area contributed by atoms with E-state index < -0.39 is 0 Å². The van der Waals surface area contributed by atoms with Crippen molar-refractivity contribution in [3.05, 3.63) is 18.3 Å². The molecule has 1 aliphatic heterocycles. The van der Waals surface area contributed by atoms with Gasteiger partial charge < -0.3 is 19.9 Å². The van der Waals surface area contributed by atoms with Crippen LogP contribution >= 0.6 is 0 Å². The lowest BCUT2D eigenvalue weighted by atomic mass is 10.1. The van der Waals surface area contributed by atoms with Gasteiger partial charge in [0, 0.05) is 0 Å². The number of hydrogen-bond acceptors (Lipinski definition) is 5. The number of ether oxygens (including phenoxy) is 3. The summed E-state index contributed by atoms with van der Waals surface area (Å²) in [5, 5.41) is 6.58. The lowest BCUT2D eigenvalue weighted by Gasteiger charge is -2.10. The molecule has 0 spiro atoms. The minimum atomic E-state index is 0.202. The van der Waals surface area contributed by atoms with Crippen molar-refractivity contribution in [2.75, 3.05) is 19.6 Å². The van der Waals surface area contributed by atoms with E-state index in [2.05, 4.69) is 10.2 Å². The Kier molecular flexibility index (Phi) is 2.07. The summed E-state index contributed by atoms with van der Waals surface area (Å²) in [4.78, 5) is 0. The highest BCUT2D eigenvalue weighted by Crippen LogP contribution is 2.47. The van der Waals surface area contributed by atoms with Gasteiger partial charge in [-0.1, -0.05) is 0 Å². The van der Waals surface area contributed by atoms with Gasteiger partial charge in [-0.3, -0.25) is 5.10 Å². The van der Waals surface area contributed by atoms with E-state index in [4.69, 9.17) is 19.9 Å². The van der Waals surface area contributed by atoms with Crippen LogP contribution < -0.4 is 19.9 Å². The number of nitrogens with two attached hydrogens (primary N) is 1. The number of fused-ring (bicyclic) bond motifs is 1. The Balaban J connectivity index is 2.27. The van der Waals surface area contributed by atoms with Crippen LogP contribution in [0.1, 0.15) is 0 Å². The molecule has 2 heterocycles. The van der Waals surface area contributed by atoms with Gasteiger partial charge in [-0.2, -0.15) is 5.10 Å². The van der Waals surface area contributed by atoms with Crippen LogP contribution in [0.4, 0.5) is 5.82 Å². The third kappa shape index (κ3) is 1.37. The molecule has 88 valence electrons. The van der Waals surface area contributed by atoms with Crippen molar-refractivity contribution >= 4 is 5.82 Å². The smallest absolute Gasteiger partial charge is 0.231 e. The molecule has 0 saturated heterocycles. The van der Waals surface area contributed by atoms with Crippen molar-refractivity contribution in [1.29, 1.82) is 0 Å². The van der Waals surface area contributed by atoms with Gasteiger partial charge in [0.05, 0.1) is 24.4 Å². The summed E-state index contributed by atoms with van der Waals surface area (Å²) in [6.07, 6.45) is 1.63. The van der Waals surface area contributed by atoms with Gasteiger partial charge >= 0.3 is 0 Å². The van der Waals surface area contributed by atoms with Crippen molar-refractivity contribution in [2.45, 2.75) is 0 Å². The van der Waals surface area contributed by atoms with Gasteiger partial charge in [0.25, 0.3) is 0 Å². The van der Waals surface area contributed by atoms with E-state index in [1.54, 1.807) is 19.4 Å². The summed E-state index contributed by atoms with van der Waals surface area (Å²) in [7, 11) is 1.59. The van der Waals surface area contributed by atoms with E-state index in [0.717, 1.165) is 11.1 Å². The van der Waals surface area contributed by atoms with Crippen molar-refractivity contribution < 1.29 is 14.2 Å². The average molecular weight is 233 g/mol. The van der Waals surface area contributed by atoms with Gasteiger partial charge in [0.2, 0.25) is 6.79 Å². The molecule has 0 radical (unpaired) electrons. The quantitative estimate of drug-likeness (QED) is 0.819. The Hall–Kier alpha value is -2.37. The molecule has 17 heavy (non-hydrogen) atoms. The molecule has 0 saturated carbocycles. The number of rotatable bonds is 2. The van der Waals surface area contributed by atoms with Gasteiger partial charge in [-0.25, -0.2) is 0 Å². The van der Waals surface area contributed by atoms with E-state index in [0.29, 0.717) is 23.1 Å². The molecule has 0 aliphatic carbocycles. The number of aromatic nitrogens is 2. The Bertz CT molecular complexity index is 565. The molecule has 1 aromatic heterocycles. The average Bonchev–Trinajstić information content (AvgIpc) is 2.96. The zero-order valence-electron chi connectivity index (χ0n) is 9.19. The van der Waals surface area contributed by atoms with Crippen LogP contribution in [0.15, 0.2) is 18.3 Å². The normalized spacial score (nSPS) is 12.8. The van der Waals surface area contributed by atoms with Gasteiger partial charge in [0.15, 0.2) is 11.5 Å². The van der Waals surface area contributed by atoms with Crippen LogP contribution in [0.25, 0.3) is 11.1 Å². The summed E-state index contributed by atoms with van der Waals surface area (Å²) in [5.74, 6) is 2.45. The second-order valence-electron chi connectivity index (χ2n) is 3.57. The second-order valence-corrected chi connectivity index (χ2v) is 3.57. The van der Waals surface area contributed by atoms with Crippen LogP contribution in [0.5, 0.6) is 17.2 Å². The predicted octanol–water partition coefficient (Wildman–Crippen LogP) is 1.40. The topological polar surface area (TPSA) is 82.4 Å². The molecule has 2 aromatic rings. The number of hydrogen-bond donors (Lipinski definition) is 2. The zero-order valence-corrected chi connectivity index (χ0v) is 9.19. The third-order valence-electron chi connectivity index (χ3n) is 2.66. The monoisotopic (exact) mass is 233 g/mol. The van der Waals surface area contributed by atoms with Crippen molar-refractivity contribution in [3.63, 3.8) is 0 Å². The molecule has 0 atom stereocenters. The number of methoxy groups -OCH3 is 1. The van der Waals surface area contributed by atoms with E-state index in [1.165, 1.54) is 0 Å². The van der Waals surface area contributed by atoms with Gasteiger partial charge in [-0.15, -0.1) is 0 Å². The van der Waals surface area contributed by atoms with E-state index in [9.17, 15) is 0 Å². The first-order chi connectivity index (χ1) is 8.31. The predicted molar refractivity (Wildman–Crippen MR) is 61.1 cm³/mol. The largest absolute Gasteiger partial charge is 0.496 e. The SMILES string of the molecule is COc1ccc2c(c1-c1cn[nH]c1N)OCO2. The molecule has 0 bridgehead atoms. The van der Waals surface area contributed by atoms with Crippen molar-refractivity contribution in [3.8, 4) is 28.4 Å². The number of H-pyrrole nitrogens is 1. The second kappa shape index (κ2) is 3.58. The molecule has 3 rings (SSSR count). The summed E-state index contributed by atoms with van der Waals surface area (Å²) in [6.45, 7) is 0.202. The lowest BCUT2D eigenvalue weighted by molar-refractivity contribution is 0.174. The van der Waals surface area contributed by atoms with Crippen molar-refractivity contribution in [1.82, 2.24) is 10.2 Å². The molecule has 6 nitrogen and oxygen atoms in total. The summed E-state index contributed by atoms with van der Waals surface area (Å²) < 4.78 is 16.1. The maximum Gasteiger partial charge on any atom is 0.231 e. The zero-order chi connectivity index (χ0) is 11.8. The minimum Gasteiger partial charge on any atom is -0.496 e. The molecule has 6 heteroatoms. The fourth-order valence-electron chi connectivity index (χ4n) is 1.87. The summed E-state index contributed by atoms with van der Waals surface area (Å²) in [6, 6.07) is 3.62. The van der Waals surface area contributed by atoms with E-state index >= 15 is 0 Å². The van der Waals surface area contributed by atoms with E-state index in [1.807, 2.05) is 6.07 Å². The molecule has 0 fully saturated rings. The van der Waals surface area contributed by atoms with Crippen LogP contribution in [0, 0.1) is 0 Å². The number of benzene rings is 1. The number of nitrogen functional groups attached to an aromatic ring is 1. The third-order valence-corrected chi connectivity index (χ3v) is 2.66. The fourth-order valence-corrected chi connectivity index (χ4v) is 1.87. The number of nitrogens with zero attached hydrogens (tertiary/aromatic N) is 1. The highest BCUT2D eigenvalue weighted by molar-refractivity contribution is 5.85. The van der Waals surface area contributed by atoms with Crippen molar-refractivity contribution in [2.24, 2.45) is 0 Å². The van der Waals surface area contributed by atoms with Gasteiger partial charge in [-0.05, 0) is 12.1 Å². The summed E-state index contributed by atoms with van der Waals surface area (Å²) >= 11 is 0. The van der Waals surface area contributed by atoms with Gasteiger partial charge in [0.1, 0.15) is 11.6 Å². The fraction of sp³-hybridized carbons (Fsp3) is 0.182. The van der Waals surface area contributed by atoms with Crippen LogP contribution in [-0.2, 0) is 0 Å². The number of nitrogens with one attached hydrogen (secondary N) is 1. The molecule has 0 unspecified atom stereocenters. The minimum absolute atomic E-state index is 0.202. The molecule has 3 N–H and O–H groups in total. The molecule has 1 aromatic carbocycles. The molecular weight excluding hydrogens is 222 g/mol. The van der Waals surface area contributed by atoms with Crippen LogP contribution in [0.3, 0.4) is 0 Å². The highest BCUT2D eigenvalue weighted by Gasteiger charge is 2.24.